The van der Waals surface area contributed by atoms with Crippen LogP contribution in [-0.4, -0.2) is 12.5 Å². The molecular weight excluding hydrogens is 429 g/mol. The Morgan fingerprint density at radius 3 is 2.75 bits per heavy atom. The molecule has 2 rings (SSSR count). The molecule has 0 bridgehead atoms. The number of halogens is 3. The fourth-order valence-corrected chi connectivity index (χ4v) is 3.63. The van der Waals surface area contributed by atoms with Crippen LogP contribution in [0.3, 0.4) is 0 Å². The molecule has 2 aromatic rings. The van der Waals surface area contributed by atoms with Gasteiger partial charge in [0.05, 0.1) is 21.0 Å². The topological polar surface area (TPSA) is 38.3 Å². The lowest BCUT2D eigenvalue weighted by atomic mass is 10.3. The van der Waals surface area contributed by atoms with Crippen LogP contribution >= 0.6 is 54.8 Å². The average Bonchev–Trinajstić information content (AvgIpc) is 2.73. The van der Waals surface area contributed by atoms with E-state index in [2.05, 4.69) is 37.2 Å². The minimum absolute atomic E-state index is 0.204. The van der Waals surface area contributed by atoms with Gasteiger partial charge in [0.15, 0.2) is 0 Å². The van der Waals surface area contributed by atoms with Gasteiger partial charge in [-0.15, -0.1) is 11.3 Å². The lowest BCUT2D eigenvalue weighted by Gasteiger charge is -2.11. The maximum Gasteiger partial charge on any atom is 0.265 e. The van der Waals surface area contributed by atoms with Crippen LogP contribution in [-0.2, 0) is 0 Å². The second-order valence-corrected chi connectivity index (χ2v) is 7.42. The lowest BCUT2D eigenvalue weighted by Crippen LogP contribution is -2.11. The Morgan fingerprint density at radius 2 is 2.15 bits per heavy atom. The summed E-state index contributed by atoms with van der Waals surface area (Å²) in [6.07, 6.45) is 0. The van der Waals surface area contributed by atoms with E-state index in [9.17, 15) is 4.79 Å². The van der Waals surface area contributed by atoms with Crippen LogP contribution in [0.15, 0.2) is 32.5 Å². The van der Waals surface area contributed by atoms with Gasteiger partial charge in [-0.05, 0) is 63.0 Å². The van der Waals surface area contributed by atoms with Crippen LogP contribution < -0.4 is 10.1 Å². The highest BCUT2D eigenvalue weighted by Gasteiger charge is 2.14. The van der Waals surface area contributed by atoms with Crippen molar-refractivity contribution in [3.63, 3.8) is 0 Å². The van der Waals surface area contributed by atoms with E-state index in [1.165, 1.54) is 11.3 Å². The smallest absolute Gasteiger partial charge is 0.265 e. The van der Waals surface area contributed by atoms with E-state index in [4.69, 9.17) is 16.3 Å². The number of carbonyl (C=O) groups excluding carboxylic acids is 1. The SMILES string of the molecule is CCOc1ccc(Cl)cc1NC(=O)c1cc(Br)c(Br)s1. The summed E-state index contributed by atoms with van der Waals surface area (Å²) in [6.45, 7) is 2.40. The average molecular weight is 440 g/mol. The van der Waals surface area contributed by atoms with Gasteiger partial charge in [0.2, 0.25) is 0 Å². The highest BCUT2D eigenvalue weighted by molar-refractivity contribution is 9.13. The lowest BCUT2D eigenvalue weighted by molar-refractivity contribution is 0.103. The van der Waals surface area contributed by atoms with Gasteiger partial charge < -0.3 is 10.1 Å². The van der Waals surface area contributed by atoms with Gasteiger partial charge in [-0.3, -0.25) is 4.79 Å². The van der Waals surface area contributed by atoms with E-state index >= 15 is 0 Å². The van der Waals surface area contributed by atoms with E-state index in [0.717, 1.165) is 8.26 Å². The summed E-state index contributed by atoms with van der Waals surface area (Å²) in [7, 11) is 0. The highest BCUT2D eigenvalue weighted by Crippen LogP contribution is 2.34. The van der Waals surface area contributed by atoms with Crippen LogP contribution in [0.2, 0.25) is 5.02 Å². The molecule has 1 amide bonds. The number of carbonyl (C=O) groups is 1. The summed E-state index contributed by atoms with van der Waals surface area (Å²) in [4.78, 5) is 12.8. The van der Waals surface area contributed by atoms with Crippen molar-refractivity contribution in [2.75, 3.05) is 11.9 Å². The number of ether oxygens (including phenoxy) is 1. The van der Waals surface area contributed by atoms with Gasteiger partial charge in [0.25, 0.3) is 5.91 Å². The summed E-state index contributed by atoms with van der Waals surface area (Å²) in [6, 6.07) is 6.89. The van der Waals surface area contributed by atoms with Crippen LogP contribution in [0.25, 0.3) is 0 Å². The number of anilines is 1. The van der Waals surface area contributed by atoms with E-state index in [0.29, 0.717) is 27.9 Å². The molecule has 1 aromatic heterocycles. The molecule has 0 aliphatic rings. The fourth-order valence-electron chi connectivity index (χ4n) is 1.52. The maximum atomic E-state index is 12.2. The van der Waals surface area contributed by atoms with Gasteiger partial charge in [-0.25, -0.2) is 0 Å². The van der Waals surface area contributed by atoms with Crippen molar-refractivity contribution >= 4 is 66.4 Å². The van der Waals surface area contributed by atoms with Crippen LogP contribution in [0, 0.1) is 0 Å². The van der Waals surface area contributed by atoms with Crippen molar-refractivity contribution < 1.29 is 9.53 Å². The second kappa shape index (κ2) is 6.93. The summed E-state index contributed by atoms with van der Waals surface area (Å²) in [5.41, 5.74) is 0.560. The van der Waals surface area contributed by atoms with Crippen molar-refractivity contribution in [2.24, 2.45) is 0 Å². The number of thiophene rings is 1. The van der Waals surface area contributed by atoms with Crippen molar-refractivity contribution in [3.05, 3.63) is 42.4 Å². The van der Waals surface area contributed by atoms with Gasteiger partial charge in [-0.2, -0.15) is 0 Å². The Labute approximate surface area is 142 Å². The minimum Gasteiger partial charge on any atom is -0.492 e. The number of amides is 1. The van der Waals surface area contributed by atoms with Gasteiger partial charge in [0, 0.05) is 9.50 Å². The molecule has 0 spiro atoms. The molecule has 1 N–H and O–H groups in total. The molecule has 0 atom stereocenters. The Balaban J connectivity index is 2.24. The Hall–Kier alpha value is -0.560. The number of hydrogen-bond donors (Lipinski definition) is 1. The number of benzene rings is 1. The van der Waals surface area contributed by atoms with E-state index in [1.54, 1.807) is 24.3 Å². The van der Waals surface area contributed by atoms with Crippen molar-refractivity contribution in [2.45, 2.75) is 6.92 Å². The zero-order chi connectivity index (χ0) is 14.7. The number of nitrogens with one attached hydrogen (secondary N) is 1. The quantitative estimate of drug-likeness (QED) is 0.676. The molecule has 20 heavy (non-hydrogen) atoms. The minimum atomic E-state index is -0.204. The molecule has 7 heteroatoms. The predicted octanol–water partition coefficient (Wildman–Crippen LogP) is 5.58. The molecule has 106 valence electrons. The standard InChI is InChI=1S/C13H10Br2ClNO2S/c1-2-19-10-4-3-7(16)5-9(10)17-13(18)11-6-8(14)12(15)20-11/h3-6H,2H2,1H3,(H,17,18). The molecule has 0 radical (unpaired) electrons. The maximum absolute atomic E-state index is 12.2. The van der Waals surface area contributed by atoms with E-state index in [-0.39, 0.29) is 5.91 Å². The molecule has 0 unspecified atom stereocenters. The summed E-state index contributed by atoms with van der Waals surface area (Å²) >= 11 is 14.0. The molecule has 0 aliphatic carbocycles. The normalized spacial score (nSPS) is 10.4. The Kier molecular flexibility index (Phi) is 5.49. The number of rotatable bonds is 4. The zero-order valence-electron chi connectivity index (χ0n) is 10.4. The molecule has 0 saturated carbocycles. The molecule has 1 heterocycles. The van der Waals surface area contributed by atoms with Crippen LogP contribution in [0.1, 0.15) is 16.6 Å². The molecule has 0 aliphatic heterocycles. The van der Waals surface area contributed by atoms with Crippen LogP contribution in [0.5, 0.6) is 5.75 Å². The van der Waals surface area contributed by atoms with Gasteiger partial charge in [0.1, 0.15) is 5.75 Å². The van der Waals surface area contributed by atoms with Gasteiger partial charge >= 0.3 is 0 Å². The first kappa shape index (κ1) is 15.8. The van der Waals surface area contributed by atoms with Crippen molar-refractivity contribution in [1.82, 2.24) is 0 Å². The van der Waals surface area contributed by atoms with Crippen LogP contribution in [0.4, 0.5) is 5.69 Å². The third kappa shape index (κ3) is 3.75. The molecule has 0 fully saturated rings. The largest absolute Gasteiger partial charge is 0.492 e. The van der Waals surface area contributed by atoms with Crippen molar-refractivity contribution in [1.29, 1.82) is 0 Å². The Bertz CT molecular complexity index is 626. The predicted molar refractivity (Wildman–Crippen MR) is 90.3 cm³/mol. The third-order valence-corrected chi connectivity index (χ3v) is 5.85. The Morgan fingerprint density at radius 1 is 1.40 bits per heavy atom. The van der Waals surface area contributed by atoms with E-state index < -0.39 is 0 Å². The molecular formula is C13H10Br2ClNO2S. The first-order chi connectivity index (χ1) is 9.51. The number of hydrogen-bond acceptors (Lipinski definition) is 3. The second-order valence-electron chi connectivity index (χ2n) is 3.76. The monoisotopic (exact) mass is 437 g/mol. The summed E-state index contributed by atoms with van der Waals surface area (Å²) < 4.78 is 7.19. The van der Waals surface area contributed by atoms with Crippen molar-refractivity contribution in [3.8, 4) is 5.75 Å². The first-order valence-corrected chi connectivity index (χ1v) is 8.48. The summed E-state index contributed by atoms with van der Waals surface area (Å²) in [5.74, 6) is 0.393. The molecule has 1 aromatic carbocycles. The molecule has 0 saturated heterocycles. The molecule has 3 nitrogen and oxygen atoms in total. The zero-order valence-corrected chi connectivity index (χ0v) is 15.1. The fraction of sp³-hybridized carbons (Fsp3) is 0.154. The third-order valence-electron chi connectivity index (χ3n) is 2.36. The van der Waals surface area contributed by atoms with Gasteiger partial charge in [-0.1, -0.05) is 11.6 Å². The van der Waals surface area contributed by atoms with E-state index in [1.807, 2.05) is 6.92 Å². The first-order valence-electron chi connectivity index (χ1n) is 5.69. The summed E-state index contributed by atoms with van der Waals surface area (Å²) in [5, 5.41) is 3.35. The highest BCUT2D eigenvalue weighted by atomic mass is 79.9.